The summed E-state index contributed by atoms with van der Waals surface area (Å²) in [5, 5.41) is 14.2. The van der Waals surface area contributed by atoms with E-state index in [-0.39, 0.29) is 6.04 Å². The summed E-state index contributed by atoms with van der Waals surface area (Å²) in [5.41, 5.74) is 2.30. The van der Waals surface area contributed by atoms with Gasteiger partial charge in [0.25, 0.3) is 0 Å². The molecular formula is C15H23NO2. The lowest BCUT2D eigenvalue weighted by atomic mass is 9.85. The summed E-state index contributed by atoms with van der Waals surface area (Å²) in [4.78, 5) is 0. The van der Waals surface area contributed by atoms with Crippen molar-refractivity contribution in [1.82, 2.24) is 5.32 Å². The number of benzene rings is 1. The highest BCUT2D eigenvalue weighted by atomic mass is 16.5. The minimum atomic E-state index is -0.821. The second kappa shape index (κ2) is 4.90. The van der Waals surface area contributed by atoms with Crippen LogP contribution < -0.4 is 10.1 Å². The summed E-state index contributed by atoms with van der Waals surface area (Å²) in [5.74, 6) is 0.911. The fraction of sp³-hybridized carbons (Fsp3) is 0.600. The van der Waals surface area contributed by atoms with Crippen LogP contribution in [0.3, 0.4) is 0 Å². The molecule has 0 aromatic heterocycles. The standard InChI is InChI=1S/C15H23NO2/c1-10-8-12(9-11(2)14(10)18-4)15(3,17)13-6-5-7-16-13/h8-9,13,16-17H,5-7H2,1-4H3/t13-,15?/m0/s1. The van der Waals surface area contributed by atoms with E-state index in [0.29, 0.717) is 0 Å². The van der Waals surface area contributed by atoms with Crippen LogP contribution in [-0.2, 0) is 5.60 Å². The Morgan fingerprint density at radius 2 is 1.94 bits per heavy atom. The van der Waals surface area contributed by atoms with Gasteiger partial charge in [-0.3, -0.25) is 0 Å². The number of rotatable bonds is 3. The van der Waals surface area contributed by atoms with Crippen molar-refractivity contribution in [2.45, 2.75) is 45.3 Å². The van der Waals surface area contributed by atoms with E-state index >= 15 is 0 Å². The molecule has 2 rings (SSSR count). The quantitative estimate of drug-likeness (QED) is 0.863. The Bertz CT molecular complexity index is 411. The Morgan fingerprint density at radius 1 is 1.33 bits per heavy atom. The van der Waals surface area contributed by atoms with Crippen molar-refractivity contribution in [3.8, 4) is 5.75 Å². The predicted molar refractivity (Wildman–Crippen MR) is 73.1 cm³/mol. The van der Waals surface area contributed by atoms with Crippen molar-refractivity contribution < 1.29 is 9.84 Å². The molecule has 0 amide bonds. The van der Waals surface area contributed by atoms with Crippen LogP contribution in [0.15, 0.2) is 12.1 Å². The largest absolute Gasteiger partial charge is 0.496 e. The number of hydrogen-bond acceptors (Lipinski definition) is 3. The monoisotopic (exact) mass is 249 g/mol. The zero-order chi connectivity index (χ0) is 13.3. The van der Waals surface area contributed by atoms with E-state index in [0.717, 1.165) is 41.8 Å². The smallest absolute Gasteiger partial charge is 0.124 e. The minimum absolute atomic E-state index is 0.143. The summed E-state index contributed by atoms with van der Waals surface area (Å²) in [6, 6.07) is 4.21. The Kier molecular flexibility index (Phi) is 3.64. The van der Waals surface area contributed by atoms with Crippen LogP contribution in [0.5, 0.6) is 5.75 Å². The van der Waals surface area contributed by atoms with Gasteiger partial charge in [-0.15, -0.1) is 0 Å². The molecule has 3 heteroatoms. The minimum Gasteiger partial charge on any atom is -0.496 e. The van der Waals surface area contributed by atoms with Crippen LogP contribution in [-0.4, -0.2) is 24.8 Å². The van der Waals surface area contributed by atoms with Crippen molar-refractivity contribution in [3.05, 3.63) is 28.8 Å². The van der Waals surface area contributed by atoms with Gasteiger partial charge in [0.2, 0.25) is 0 Å². The second-order valence-electron chi connectivity index (χ2n) is 5.44. The second-order valence-corrected chi connectivity index (χ2v) is 5.44. The number of aryl methyl sites for hydroxylation is 2. The molecule has 0 radical (unpaired) electrons. The maximum atomic E-state index is 10.8. The van der Waals surface area contributed by atoms with E-state index in [1.54, 1.807) is 7.11 Å². The summed E-state index contributed by atoms with van der Waals surface area (Å²) in [6.45, 7) is 6.94. The summed E-state index contributed by atoms with van der Waals surface area (Å²) in [7, 11) is 1.69. The lowest BCUT2D eigenvalue weighted by Crippen LogP contribution is -2.43. The zero-order valence-electron chi connectivity index (χ0n) is 11.7. The molecular weight excluding hydrogens is 226 g/mol. The van der Waals surface area contributed by atoms with Crippen LogP contribution in [0.1, 0.15) is 36.5 Å². The van der Waals surface area contributed by atoms with Crippen LogP contribution in [0, 0.1) is 13.8 Å². The first-order chi connectivity index (χ1) is 8.46. The molecule has 1 unspecified atom stereocenters. The average Bonchev–Trinajstić information content (AvgIpc) is 2.82. The molecule has 1 heterocycles. The van der Waals surface area contributed by atoms with Crippen LogP contribution in [0.2, 0.25) is 0 Å². The zero-order valence-corrected chi connectivity index (χ0v) is 11.7. The molecule has 3 nitrogen and oxygen atoms in total. The fourth-order valence-electron chi connectivity index (χ4n) is 2.93. The molecule has 0 saturated carbocycles. The van der Waals surface area contributed by atoms with Crippen molar-refractivity contribution in [2.24, 2.45) is 0 Å². The summed E-state index contributed by atoms with van der Waals surface area (Å²) in [6.07, 6.45) is 2.16. The van der Waals surface area contributed by atoms with E-state index in [4.69, 9.17) is 4.74 Å². The van der Waals surface area contributed by atoms with E-state index in [1.807, 2.05) is 32.9 Å². The highest BCUT2D eigenvalue weighted by Gasteiger charge is 2.35. The molecule has 2 atom stereocenters. The van der Waals surface area contributed by atoms with Gasteiger partial charge in [-0.25, -0.2) is 0 Å². The number of hydrogen-bond donors (Lipinski definition) is 2. The number of aliphatic hydroxyl groups is 1. The molecule has 1 aliphatic heterocycles. The highest BCUT2D eigenvalue weighted by molar-refractivity contribution is 5.45. The van der Waals surface area contributed by atoms with Crippen LogP contribution in [0.25, 0.3) is 0 Å². The van der Waals surface area contributed by atoms with Gasteiger partial charge in [0, 0.05) is 6.04 Å². The molecule has 1 aromatic rings. The molecule has 1 fully saturated rings. The Hall–Kier alpha value is -1.06. The third-order valence-corrected chi connectivity index (χ3v) is 3.99. The van der Waals surface area contributed by atoms with Crippen LogP contribution >= 0.6 is 0 Å². The van der Waals surface area contributed by atoms with Crippen molar-refractivity contribution in [3.63, 3.8) is 0 Å². The summed E-state index contributed by atoms with van der Waals surface area (Å²) >= 11 is 0. The number of methoxy groups -OCH3 is 1. The fourth-order valence-corrected chi connectivity index (χ4v) is 2.93. The summed E-state index contributed by atoms with van der Waals surface area (Å²) < 4.78 is 5.37. The lowest BCUT2D eigenvalue weighted by molar-refractivity contribution is 0.0217. The Balaban J connectivity index is 2.38. The number of ether oxygens (including phenoxy) is 1. The van der Waals surface area contributed by atoms with Crippen molar-refractivity contribution in [1.29, 1.82) is 0 Å². The van der Waals surface area contributed by atoms with Gasteiger partial charge in [0.1, 0.15) is 11.4 Å². The molecule has 0 spiro atoms. The first-order valence-electron chi connectivity index (χ1n) is 6.58. The molecule has 100 valence electrons. The van der Waals surface area contributed by atoms with Gasteiger partial charge in [0.15, 0.2) is 0 Å². The average molecular weight is 249 g/mol. The first kappa shape index (κ1) is 13.4. The molecule has 1 aliphatic rings. The van der Waals surface area contributed by atoms with Gasteiger partial charge in [-0.2, -0.15) is 0 Å². The van der Waals surface area contributed by atoms with Crippen molar-refractivity contribution in [2.75, 3.05) is 13.7 Å². The first-order valence-corrected chi connectivity index (χ1v) is 6.58. The molecule has 18 heavy (non-hydrogen) atoms. The maximum absolute atomic E-state index is 10.8. The SMILES string of the molecule is COc1c(C)cc(C(C)(O)[C@@H]2CCCN2)cc1C. The molecule has 0 aliphatic carbocycles. The topological polar surface area (TPSA) is 41.5 Å². The van der Waals surface area contributed by atoms with Gasteiger partial charge in [-0.1, -0.05) is 0 Å². The molecule has 1 aromatic carbocycles. The predicted octanol–water partition coefficient (Wildman–Crippen LogP) is 2.27. The Labute approximate surface area is 109 Å². The molecule has 0 bridgehead atoms. The van der Waals surface area contributed by atoms with Gasteiger partial charge >= 0.3 is 0 Å². The lowest BCUT2D eigenvalue weighted by Gasteiger charge is -2.31. The third kappa shape index (κ3) is 2.25. The third-order valence-electron chi connectivity index (χ3n) is 3.99. The van der Waals surface area contributed by atoms with E-state index < -0.39 is 5.60 Å². The normalized spacial score (nSPS) is 22.8. The van der Waals surface area contributed by atoms with Gasteiger partial charge in [0.05, 0.1) is 7.11 Å². The molecule has 2 N–H and O–H groups in total. The van der Waals surface area contributed by atoms with E-state index in [1.165, 1.54) is 0 Å². The number of nitrogens with one attached hydrogen (secondary N) is 1. The Morgan fingerprint density at radius 3 is 2.39 bits per heavy atom. The van der Waals surface area contributed by atoms with Gasteiger partial charge < -0.3 is 15.2 Å². The van der Waals surface area contributed by atoms with Gasteiger partial charge in [-0.05, 0) is 69.0 Å². The molecule has 1 saturated heterocycles. The highest BCUT2D eigenvalue weighted by Crippen LogP contribution is 2.34. The van der Waals surface area contributed by atoms with Crippen molar-refractivity contribution >= 4 is 0 Å². The van der Waals surface area contributed by atoms with Crippen LogP contribution in [0.4, 0.5) is 0 Å². The van der Waals surface area contributed by atoms with E-state index in [2.05, 4.69) is 5.32 Å². The van der Waals surface area contributed by atoms with E-state index in [9.17, 15) is 5.11 Å². The maximum Gasteiger partial charge on any atom is 0.124 e.